The molecule has 0 aliphatic carbocycles. The molecule has 2 aliphatic rings. The van der Waals surface area contributed by atoms with Crippen LogP contribution < -0.4 is 10.6 Å². The van der Waals surface area contributed by atoms with E-state index < -0.39 is 54.3 Å². The zero-order chi connectivity index (χ0) is 30.8. The fourth-order valence-electron chi connectivity index (χ4n) is 5.70. The van der Waals surface area contributed by atoms with Gasteiger partial charge in [-0.05, 0) is 49.1 Å². The summed E-state index contributed by atoms with van der Waals surface area (Å²) in [7, 11) is 0. The van der Waals surface area contributed by atoms with Crippen molar-refractivity contribution in [2.45, 2.75) is 56.8 Å². The first kappa shape index (κ1) is 30.2. The molecule has 0 bridgehead atoms. The van der Waals surface area contributed by atoms with E-state index in [0.717, 1.165) is 22.2 Å². The topological polar surface area (TPSA) is 172 Å². The van der Waals surface area contributed by atoms with Gasteiger partial charge in [-0.15, -0.1) is 0 Å². The number of fused-ring (bicyclic) bond motifs is 3. The van der Waals surface area contributed by atoms with Crippen molar-refractivity contribution < 1.29 is 34.2 Å². The number of benzene rings is 2. The number of halogens is 2. The van der Waals surface area contributed by atoms with Gasteiger partial charge in [0.1, 0.15) is 18.1 Å². The van der Waals surface area contributed by atoms with Gasteiger partial charge in [-0.1, -0.05) is 41.4 Å². The van der Waals surface area contributed by atoms with Crippen molar-refractivity contribution in [3.63, 3.8) is 0 Å². The van der Waals surface area contributed by atoms with Crippen molar-refractivity contribution in [1.29, 1.82) is 0 Å². The van der Waals surface area contributed by atoms with Gasteiger partial charge >= 0.3 is 18.0 Å². The zero-order valence-electron chi connectivity index (χ0n) is 22.8. The van der Waals surface area contributed by atoms with Gasteiger partial charge in [-0.25, -0.2) is 9.59 Å². The zero-order valence-corrected chi connectivity index (χ0v) is 24.3. The summed E-state index contributed by atoms with van der Waals surface area (Å²) in [6.45, 7) is 0.331. The molecule has 0 spiro atoms. The summed E-state index contributed by atoms with van der Waals surface area (Å²) in [5.41, 5.74) is 2.93. The maximum Gasteiger partial charge on any atom is 0.326 e. The Morgan fingerprint density at radius 1 is 1.00 bits per heavy atom. The van der Waals surface area contributed by atoms with Crippen LogP contribution >= 0.6 is 23.2 Å². The number of aliphatic carboxylic acids is 2. The van der Waals surface area contributed by atoms with Crippen LogP contribution in [0.4, 0.5) is 10.5 Å². The van der Waals surface area contributed by atoms with Crippen molar-refractivity contribution in [2.24, 2.45) is 0 Å². The van der Waals surface area contributed by atoms with Crippen molar-refractivity contribution in [2.75, 3.05) is 11.9 Å². The fraction of sp³-hybridized carbons (Fsp3) is 0.345. The molecule has 43 heavy (non-hydrogen) atoms. The predicted octanol–water partition coefficient (Wildman–Crippen LogP) is 3.86. The Labute approximate surface area is 255 Å². The van der Waals surface area contributed by atoms with E-state index in [9.17, 15) is 29.1 Å². The van der Waals surface area contributed by atoms with Crippen LogP contribution in [0.15, 0.2) is 42.5 Å². The number of carboxylic acid groups (broad SMARTS) is 2. The molecule has 0 saturated carbocycles. The number of likely N-dealkylation sites (tertiary alicyclic amines) is 1. The Kier molecular flexibility index (Phi) is 8.79. The van der Waals surface area contributed by atoms with Crippen LogP contribution in [0, 0.1) is 0 Å². The lowest BCUT2D eigenvalue weighted by atomic mass is 9.95. The molecule has 2 aromatic carbocycles. The molecule has 0 radical (unpaired) electrons. The number of H-pyrrole nitrogens is 1. The number of amides is 4. The standard InChI is InChI=1S/C29H29Cl2N5O7/c30-18-8-7-15(12-19(18)31)32-29(43)36-14-22-17(16-4-1-2-5-20(16)33-22)13-24(36)27(40)35-11-3-6-23(35)26(39)34-21(28(41)42)9-10-25(37)38/h1-2,4-5,7-8,12,21,23-24,33H,3,6,9-11,13-14H2,(H,32,43)(H,34,39)(H,37,38)(H,41,42). The van der Waals surface area contributed by atoms with Crippen molar-refractivity contribution in [1.82, 2.24) is 20.1 Å². The second-order valence-electron chi connectivity index (χ2n) is 10.6. The maximum absolute atomic E-state index is 14.2. The van der Waals surface area contributed by atoms with E-state index in [0.29, 0.717) is 23.6 Å². The maximum atomic E-state index is 14.2. The quantitative estimate of drug-likeness (QED) is 0.252. The highest BCUT2D eigenvalue weighted by molar-refractivity contribution is 6.42. The van der Waals surface area contributed by atoms with Crippen LogP contribution in [0.2, 0.25) is 10.0 Å². The highest BCUT2D eigenvalue weighted by Gasteiger charge is 2.43. The molecule has 3 unspecified atom stereocenters. The molecular formula is C29H29Cl2N5O7. The summed E-state index contributed by atoms with van der Waals surface area (Å²) in [6.07, 6.45) is 0.239. The van der Waals surface area contributed by atoms with E-state index in [2.05, 4.69) is 15.6 Å². The Morgan fingerprint density at radius 3 is 2.49 bits per heavy atom. The number of rotatable bonds is 8. The number of carboxylic acids is 2. The third kappa shape index (κ3) is 6.40. The summed E-state index contributed by atoms with van der Waals surface area (Å²) >= 11 is 12.1. The normalized spacial score (nSPS) is 18.7. The lowest BCUT2D eigenvalue weighted by molar-refractivity contribution is -0.145. The summed E-state index contributed by atoms with van der Waals surface area (Å²) < 4.78 is 0. The second-order valence-corrected chi connectivity index (χ2v) is 11.4. The number of nitrogens with one attached hydrogen (secondary N) is 3. The van der Waals surface area contributed by atoms with Gasteiger partial charge in [0, 0.05) is 41.7 Å². The van der Waals surface area contributed by atoms with Crippen molar-refractivity contribution in [3.05, 3.63) is 63.8 Å². The smallest absolute Gasteiger partial charge is 0.326 e. The third-order valence-corrected chi connectivity index (χ3v) is 8.56. The molecule has 1 fully saturated rings. The number of anilines is 1. The van der Waals surface area contributed by atoms with Gasteiger partial charge in [0.15, 0.2) is 0 Å². The van der Waals surface area contributed by atoms with Gasteiger partial charge in [-0.2, -0.15) is 0 Å². The first-order chi connectivity index (χ1) is 20.5. The van der Waals surface area contributed by atoms with E-state index >= 15 is 0 Å². The van der Waals surface area contributed by atoms with Gasteiger partial charge in [0.25, 0.3) is 0 Å². The second kappa shape index (κ2) is 12.5. The SMILES string of the molecule is O=C(O)CCC(NC(=O)C1CCCN1C(=O)C1Cc2c([nH]c3ccccc23)CN1C(=O)Nc1ccc(Cl)c(Cl)c1)C(=O)O. The number of carbonyl (C=O) groups excluding carboxylic acids is 3. The molecule has 1 aromatic heterocycles. The third-order valence-electron chi connectivity index (χ3n) is 7.82. The summed E-state index contributed by atoms with van der Waals surface area (Å²) in [4.78, 5) is 69.8. The van der Waals surface area contributed by atoms with Crippen molar-refractivity contribution in [3.8, 4) is 0 Å². The number of para-hydroxylation sites is 1. The number of aromatic amines is 1. The van der Waals surface area contributed by atoms with E-state index in [4.69, 9.17) is 28.3 Å². The molecule has 12 nitrogen and oxygen atoms in total. The molecule has 2 aliphatic heterocycles. The Morgan fingerprint density at radius 2 is 1.77 bits per heavy atom. The molecular weight excluding hydrogens is 601 g/mol. The number of carbonyl (C=O) groups is 5. The molecule has 3 aromatic rings. The molecule has 5 rings (SSSR count). The minimum atomic E-state index is -1.42. The predicted molar refractivity (Wildman–Crippen MR) is 158 cm³/mol. The van der Waals surface area contributed by atoms with E-state index in [1.54, 1.807) is 12.1 Å². The van der Waals surface area contributed by atoms with Gasteiger partial charge < -0.3 is 35.6 Å². The van der Waals surface area contributed by atoms with Gasteiger partial charge in [-0.3, -0.25) is 14.4 Å². The van der Waals surface area contributed by atoms with Crippen LogP contribution in [-0.2, 0) is 32.1 Å². The van der Waals surface area contributed by atoms with Gasteiger partial charge in [0.05, 0.1) is 16.6 Å². The molecule has 3 heterocycles. The van der Waals surface area contributed by atoms with Gasteiger partial charge in [0.2, 0.25) is 11.8 Å². The molecule has 4 amide bonds. The first-order valence-electron chi connectivity index (χ1n) is 13.7. The minimum absolute atomic E-state index is 0.0918. The number of nitrogens with zero attached hydrogens (tertiary/aromatic N) is 2. The fourth-order valence-corrected chi connectivity index (χ4v) is 6.00. The number of urea groups is 1. The lowest BCUT2D eigenvalue weighted by Crippen LogP contribution is -2.58. The van der Waals surface area contributed by atoms with Crippen LogP contribution in [0.25, 0.3) is 10.9 Å². The molecule has 1 saturated heterocycles. The molecule has 14 heteroatoms. The monoisotopic (exact) mass is 629 g/mol. The van der Waals surface area contributed by atoms with Crippen LogP contribution in [0.3, 0.4) is 0 Å². The average Bonchev–Trinajstić information content (AvgIpc) is 3.61. The van der Waals surface area contributed by atoms with E-state index in [1.807, 2.05) is 24.3 Å². The first-order valence-corrected chi connectivity index (χ1v) is 14.5. The van der Waals surface area contributed by atoms with Crippen LogP contribution in [0.1, 0.15) is 36.9 Å². The molecule has 3 atom stereocenters. The molecule has 226 valence electrons. The highest BCUT2D eigenvalue weighted by Crippen LogP contribution is 2.33. The molecule has 5 N–H and O–H groups in total. The number of hydrogen-bond donors (Lipinski definition) is 5. The summed E-state index contributed by atoms with van der Waals surface area (Å²) in [5.74, 6) is -3.68. The van der Waals surface area contributed by atoms with E-state index in [1.165, 1.54) is 15.9 Å². The van der Waals surface area contributed by atoms with Crippen LogP contribution in [0.5, 0.6) is 0 Å². The Balaban J connectivity index is 1.41. The lowest BCUT2D eigenvalue weighted by Gasteiger charge is -2.38. The van der Waals surface area contributed by atoms with Crippen LogP contribution in [-0.4, -0.2) is 79.5 Å². The van der Waals surface area contributed by atoms with Crippen molar-refractivity contribution >= 4 is 69.6 Å². The highest BCUT2D eigenvalue weighted by atomic mass is 35.5. The summed E-state index contributed by atoms with van der Waals surface area (Å²) in [5, 5.41) is 25.1. The minimum Gasteiger partial charge on any atom is -0.481 e. The largest absolute Gasteiger partial charge is 0.481 e. The van der Waals surface area contributed by atoms with E-state index in [-0.39, 0.29) is 31.0 Å². The number of aromatic nitrogens is 1. The Hall–Kier alpha value is -4.29. The Bertz CT molecular complexity index is 1610. The number of hydrogen-bond acceptors (Lipinski definition) is 5. The average molecular weight is 630 g/mol. The summed E-state index contributed by atoms with van der Waals surface area (Å²) in [6, 6.07) is 8.35.